The van der Waals surface area contributed by atoms with Gasteiger partial charge in [0.15, 0.2) is 0 Å². The van der Waals surface area contributed by atoms with Crippen molar-refractivity contribution in [2.45, 2.75) is 64.4 Å². The zero-order valence-corrected chi connectivity index (χ0v) is 18.2. The molecule has 4 aliphatic carbocycles. The van der Waals surface area contributed by atoms with Gasteiger partial charge in [-0.05, 0) is 86.5 Å². The van der Waals surface area contributed by atoms with Crippen LogP contribution in [0, 0.1) is 23.7 Å². The van der Waals surface area contributed by atoms with Gasteiger partial charge in [-0.15, -0.1) is 11.8 Å². The molecule has 0 aromatic heterocycles. The van der Waals surface area contributed by atoms with Gasteiger partial charge in [0.05, 0.1) is 5.75 Å². The fraction of sp³-hybridized carbons (Fsp3) is 0.640. The topological polar surface area (TPSA) is 26.3 Å². The highest BCUT2D eigenvalue weighted by molar-refractivity contribution is 7.99. The Balaban J connectivity index is 1.28. The molecule has 0 spiro atoms. The minimum Gasteiger partial charge on any atom is -0.459 e. The summed E-state index contributed by atoms with van der Waals surface area (Å²) in [6, 6.07) is 0. The van der Waals surface area contributed by atoms with E-state index in [4.69, 9.17) is 4.74 Å². The van der Waals surface area contributed by atoms with Gasteiger partial charge in [0, 0.05) is 0 Å². The molecule has 0 aromatic rings. The second-order valence-electron chi connectivity index (χ2n) is 9.49. The van der Waals surface area contributed by atoms with Crippen molar-refractivity contribution < 1.29 is 9.53 Å². The quantitative estimate of drug-likeness (QED) is 0.494. The lowest BCUT2D eigenvalue weighted by Crippen LogP contribution is -2.36. The highest BCUT2D eigenvalue weighted by atomic mass is 32.2. The largest absolute Gasteiger partial charge is 0.459 e. The van der Waals surface area contributed by atoms with E-state index in [-0.39, 0.29) is 11.6 Å². The van der Waals surface area contributed by atoms with Crippen LogP contribution in [0.5, 0.6) is 0 Å². The Kier molecular flexibility index (Phi) is 6.20. The van der Waals surface area contributed by atoms with Crippen LogP contribution in [0.4, 0.5) is 0 Å². The first-order chi connectivity index (χ1) is 13.5. The highest BCUT2D eigenvalue weighted by Gasteiger charge is 2.36. The van der Waals surface area contributed by atoms with Crippen LogP contribution >= 0.6 is 11.8 Å². The first kappa shape index (κ1) is 20.1. The van der Waals surface area contributed by atoms with E-state index in [1.54, 1.807) is 11.8 Å². The fourth-order valence-corrected chi connectivity index (χ4v) is 6.53. The number of hydrogen-bond acceptors (Lipinski definition) is 3. The smallest absolute Gasteiger partial charge is 0.316 e. The average molecular weight is 399 g/mol. The molecule has 2 unspecified atom stereocenters. The maximum absolute atomic E-state index is 12.4. The number of rotatable bonds is 6. The number of fused-ring (bicyclic) bond motifs is 2. The molecule has 0 saturated heterocycles. The third kappa shape index (κ3) is 4.50. The van der Waals surface area contributed by atoms with Gasteiger partial charge in [-0.1, -0.05) is 49.3 Å². The van der Waals surface area contributed by atoms with Crippen LogP contribution in [0.3, 0.4) is 0 Å². The van der Waals surface area contributed by atoms with Crippen molar-refractivity contribution in [3.05, 3.63) is 47.6 Å². The summed E-state index contributed by atoms with van der Waals surface area (Å²) >= 11 is 1.77. The van der Waals surface area contributed by atoms with Crippen molar-refractivity contribution in [1.82, 2.24) is 0 Å². The SMILES string of the molecule is CC(C)(OC(=O)CSCC1CC=CC2=CC3=CC=CC[C@@H]3CC21)C1CCCC1. The second-order valence-corrected chi connectivity index (χ2v) is 10.5. The third-order valence-corrected chi connectivity index (χ3v) is 8.31. The summed E-state index contributed by atoms with van der Waals surface area (Å²) in [5.41, 5.74) is 2.70. The molecule has 0 amide bonds. The molecule has 0 aliphatic heterocycles. The van der Waals surface area contributed by atoms with E-state index in [2.05, 4.69) is 50.3 Å². The van der Waals surface area contributed by atoms with Crippen LogP contribution in [0.25, 0.3) is 0 Å². The summed E-state index contributed by atoms with van der Waals surface area (Å²) in [4.78, 5) is 12.4. The predicted octanol–water partition coefficient (Wildman–Crippen LogP) is 6.26. The molecule has 2 nitrogen and oxygen atoms in total. The summed E-state index contributed by atoms with van der Waals surface area (Å²) in [6.07, 6.45) is 22.4. The van der Waals surface area contributed by atoms with Crippen LogP contribution in [0.1, 0.15) is 58.8 Å². The molecule has 4 aliphatic rings. The number of thioether (sulfide) groups is 1. The summed E-state index contributed by atoms with van der Waals surface area (Å²) in [5.74, 6) is 4.02. The minimum atomic E-state index is -0.307. The van der Waals surface area contributed by atoms with Gasteiger partial charge >= 0.3 is 5.97 Å². The van der Waals surface area contributed by atoms with E-state index in [0.29, 0.717) is 29.4 Å². The van der Waals surface area contributed by atoms with E-state index in [9.17, 15) is 4.79 Å². The summed E-state index contributed by atoms with van der Waals surface area (Å²) in [5, 5.41) is 0. The lowest BCUT2D eigenvalue weighted by atomic mass is 9.68. The van der Waals surface area contributed by atoms with Crippen LogP contribution in [0.2, 0.25) is 0 Å². The number of allylic oxidation sites excluding steroid dienone is 8. The zero-order chi connectivity index (χ0) is 19.6. The monoisotopic (exact) mass is 398 g/mol. The van der Waals surface area contributed by atoms with Gasteiger partial charge in [-0.25, -0.2) is 0 Å². The predicted molar refractivity (Wildman–Crippen MR) is 118 cm³/mol. The van der Waals surface area contributed by atoms with Crippen molar-refractivity contribution in [2.75, 3.05) is 11.5 Å². The molecule has 3 heteroatoms. The van der Waals surface area contributed by atoms with Crippen LogP contribution in [-0.2, 0) is 9.53 Å². The van der Waals surface area contributed by atoms with Gasteiger partial charge in [0.25, 0.3) is 0 Å². The molecule has 0 bridgehead atoms. The number of carbonyl (C=O) groups is 1. The first-order valence-electron chi connectivity index (χ1n) is 11.1. The van der Waals surface area contributed by atoms with Crippen molar-refractivity contribution >= 4 is 17.7 Å². The van der Waals surface area contributed by atoms with Crippen molar-refractivity contribution in [1.29, 1.82) is 0 Å². The molecular formula is C25H34O2S. The summed E-state index contributed by atoms with van der Waals surface area (Å²) in [7, 11) is 0. The zero-order valence-electron chi connectivity index (χ0n) is 17.4. The van der Waals surface area contributed by atoms with E-state index in [0.717, 1.165) is 12.2 Å². The van der Waals surface area contributed by atoms with E-state index in [1.165, 1.54) is 49.7 Å². The Morgan fingerprint density at radius 1 is 1.18 bits per heavy atom. The Morgan fingerprint density at radius 2 is 2.00 bits per heavy atom. The number of hydrogen-bond donors (Lipinski definition) is 0. The molecular weight excluding hydrogens is 364 g/mol. The van der Waals surface area contributed by atoms with Crippen molar-refractivity contribution in [2.24, 2.45) is 23.7 Å². The van der Waals surface area contributed by atoms with Gasteiger partial charge in [0.1, 0.15) is 5.60 Å². The Bertz CT molecular complexity index is 706. The first-order valence-corrected chi connectivity index (χ1v) is 12.2. The Hall–Kier alpha value is -1.22. The summed E-state index contributed by atoms with van der Waals surface area (Å²) in [6.45, 7) is 4.20. The van der Waals surface area contributed by atoms with Crippen molar-refractivity contribution in [3.63, 3.8) is 0 Å². The lowest BCUT2D eigenvalue weighted by molar-refractivity contribution is -0.158. The van der Waals surface area contributed by atoms with Crippen LogP contribution in [0.15, 0.2) is 47.6 Å². The van der Waals surface area contributed by atoms with Gasteiger partial charge in [0.2, 0.25) is 0 Å². The maximum atomic E-state index is 12.4. The molecule has 0 heterocycles. The van der Waals surface area contributed by atoms with E-state index >= 15 is 0 Å². The van der Waals surface area contributed by atoms with E-state index < -0.39 is 0 Å². The van der Waals surface area contributed by atoms with Crippen LogP contribution in [-0.4, -0.2) is 23.1 Å². The second kappa shape index (κ2) is 8.65. The average Bonchev–Trinajstić information content (AvgIpc) is 3.22. The third-order valence-electron chi connectivity index (χ3n) is 7.20. The van der Waals surface area contributed by atoms with Gasteiger partial charge in [-0.3, -0.25) is 4.79 Å². The standard InChI is InChI=1S/C25H34O2S/c1-25(2,22-12-5-6-13-22)27-24(26)17-28-16-21-11-7-10-20-14-18-8-3-4-9-19(18)15-23(20)21/h3-4,7-8,10,14,19,21-23H,5-6,9,11-13,15-17H2,1-2H3/t19-,21?,23?/m1/s1. The molecule has 0 aromatic carbocycles. The number of carbonyl (C=O) groups excluding carboxylic acids is 1. The molecule has 3 atom stereocenters. The molecule has 4 rings (SSSR count). The molecule has 152 valence electrons. The van der Waals surface area contributed by atoms with Gasteiger partial charge < -0.3 is 4.74 Å². The van der Waals surface area contributed by atoms with Gasteiger partial charge in [-0.2, -0.15) is 0 Å². The number of ether oxygens (including phenoxy) is 1. The Morgan fingerprint density at radius 3 is 2.82 bits per heavy atom. The van der Waals surface area contributed by atoms with Crippen molar-refractivity contribution in [3.8, 4) is 0 Å². The minimum absolute atomic E-state index is 0.0321. The lowest BCUT2D eigenvalue weighted by Gasteiger charge is -2.38. The molecule has 28 heavy (non-hydrogen) atoms. The van der Waals surface area contributed by atoms with E-state index in [1.807, 2.05) is 0 Å². The molecule has 0 N–H and O–H groups in total. The normalized spacial score (nSPS) is 29.7. The molecule has 1 saturated carbocycles. The highest BCUT2D eigenvalue weighted by Crippen LogP contribution is 2.44. The Labute approximate surface area is 174 Å². The fourth-order valence-electron chi connectivity index (χ4n) is 5.52. The maximum Gasteiger partial charge on any atom is 0.316 e. The van der Waals surface area contributed by atoms with Crippen LogP contribution < -0.4 is 0 Å². The number of esters is 1. The molecule has 1 fully saturated rings. The molecule has 0 radical (unpaired) electrons. The summed E-state index contributed by atoms with van der Waals surface area (Å²) < 4.78 is 5.89.